The Morgan fingerprint density at radius 3 is 2.43 bits per heavy atom. The van der Waals surface area contributed by atoms with Gasteiger partial charge in [-0.05, 0) is 49.0 Å². The molecule has 0 aliphatic carbocycles. The van der Waals surface area contributed by atoms with E-state index in [-0.39, 0.29) is 0 Å². The average Bonchev–Trinajstić information content (AvgIpc) is 2.74. The Balaban J connectivity index is 1.66. The van der Waals surface area contributed by atoms with Crippen LogP contribution in [0.25, 0.3) is 0 Å². The number of morpholine rings is 1. The van der Waals surface area contributed by atoms with Gasteiger partial charge in [0.05, 0.1) is 20.3 Å². The van der Waals surface area contributed by atoms with Crippen molar-refractivity contribution in [2.75, 3.05) is 51.8 Å². The molecule has 6 heteroatoms. The average molecular weight is 400 g/mol. The summed E-state index contributed by atoms with van der Waals surface area (Å²) in [5.41, 5.74) is 3.46. The Bertz CT molecular complexity index is 743. The van der Waals surface area contributed by atoms with Gasteiger partial charge in [-0.25, -0.2) is 0 Å². The molecule has 0 unspecified atom stereocenters. The number of methoxy groups -OCH3 is 1. The number of thiocarbonyl (C=S) groups is 1. The maximum atomic E-state index is 5.75. The highest BCUT2D eigenvalue weighted by Gasteiger charge is 2.15. The van der Waals surface area contributed by atoms with Gasteiger partial charge >= 0.3 is 0 Å². The van der Waals surface area contributed by atoms with Gasteiger partial charge in [0.15, 0.2) is 5.11 Å². The zero-order valence-electron chi connectivity index (χ0n) is 16.7. The molecule has 1 aliphatic heterocycles. The largest absolute Gasteiger partial charge is 0.497 e. The molecule has 1 N–H and O–H groups in total. The van der Waals surface area contributed by atoms with Crippen LogP contribution in [0.1, 0.15) is 11.1 Å². The van der Waals surface area contributed by atoms with E-state index in [4.69, 9.17) is 21.7 Å². The van der Waals surface area contributed by atoms with E-state index in [1.165, 1.54) is 11.1 Å². The molecule has 0 bridgehead atoms. The van der Waals surface area contributed by atoms with E-state index in [0.717, 1.165) is 62.5 Å². The van der Waals surface area contributed by atoms with Gasteiger partial charge in [0, 0.05) is 38.4 Å². The number of rotatable bonds is 7. The van der Waals surface area contributed by atoms with Crippen molar-refractivity contribution in [1.82, 2.24) is 9.80 Å². The van der Waals surface area contributed by atoms with E-state index >= 15 is 0 Å². The van der Waals surface area contributed by atoms with Gasteiger partial charge in [-0.1, -0.05) is 29.8 Å². The van der Waals surface area contributed by atoms with Gasteiger partial charge in [-0.3, -0.25) is 4.90 Å². The third-order valence-electron chi connectivity index (χ3n) is 4.91. The zero-order valence-corrected chi connectivity index (χ0v) is 17.5. The van der Waals surface area contributed by atoms with Crippen LogP contribution in [-0.2, 0) is 11.3 Å². The second-order valence-corrected chi connectivity index (χ2v) is 7.41. The number of benzene rings is 2. The van der Waals surface area contributed by atoms with E-state index in [0.29, 0.717) is 0 Å². The number of aryl methyl sites for hydroxylation is 1. The molecule has 0 amide bonds. The van der Waals surface area contributed by atoms with Crippen molar-refractivity contribution >= 4 is 23.0 Å². The van der Waals surface area contributed by atoms with Crippen LogP contribution in [0.3, 0.4) is 0 Å². The second-order valence-electron chi connectivity index (χ2n) is 7.02. The summed E-state index contributed by atoms with van der Waals surface area (Å²) >= 11 is 5.75. The lowest BCUT2D eigenvalue weighted by molar-refractivity contribution is 0.0358. The van der Waals surface area contributed by atoms with Gasteiger partial charge in [-0.15, -0.1) is 0 Å². The molecule has 150 valence electrons. The fraction of sp³-hybridized carbons (Fsp3) is 0.409. The van der Waals surface area contributed by atoms with Crippen LogP contribution in [-0.4, -0.2) is 61.4 Å². The van der Waals surface area contributed by atoms with E-state index in [9.17, 15) is 0 Å². The zero-order chi connectivity index (χ0) is 19.8. The number of ether oxygens (including phenoxy) is 2. The van der Waals surface area contributed by atoms with Crippen LogP contribution in [0.5, 0.6) is 5.75 Å². The van der Waals surface area contributed by atoms with E-state index in [1.54, 1.807) is 7.11 Å². The lowest BCUT2D eigenvalue weighted by atomic mass is 10.2. The Kier molecular flexibility index (Phi) is 7.65. The molecular formula is C22H29N3O2S. The van der Waals surface area contributed by atoms with Crippen LogP contribution >= 0.6 is 12.2 Å². The number of nitrogens with zero attached hydrogens (tertiary/aromatic N) is 2. The first-order valence-electron chi connectivity index (χ1n) is 9.69. The highest BCUT2D eigenvalue weighted by atomic mass is 32.1. The number of hydrogen-bond acceptors (Lipinski definition) is 4. The van der Waals surface area contributed by atoms with Crippen molar-refractivity contribution in [3.63, 3.8) is 0 Å². The van der Waals surface area contributed by atoms with Crippen molar-refractivity contribution in [2.45, 2.75) is 13.5 Å². The molecule has 0 aromatic heterocycles. The number of nitrogens with one attached hydrogen (secondary N) is 1. The third kappa shape index (κ3) is 6.19. The van der Waals surface area contributed by atoms with Crippen molar-refractivity contribution < 1.29 is 9.47 Å². The minimum atomic E-state index is 0.743. The molecule has 28 heavy (non-hydrogen) atoms. The predicted octanol–water partition coefficient (Wildman–Crippen LogP) is 3.53. The second kappa shape index (κ2) is 10.4. The first kappa shape index (κ1) is 20.6. The third-order valence-corrected chi connectivity index (χ3v) is 5.27. The smallest absolute Gasteiger partial charge is 0.173 e. The normalized spacial score (nSPS) is 14.5. The minimum absolute atomic E-state index is 0.743. The Hall–Kier alpha value is -2.15. The molecule has 1 aliphatic rings. The minimum Gasteiger partial charge on any atom is -0.497 e. The first-order chi connectivity index (χ1) is 13.6. The Morgan fingerprint density at radius 2 is 1.79 bits per heavy atom. The molecule has 1 fully saturated rings. The fourth-order valence-corrected chi connectivity index (χ4v) is 3.40. The molecule has 2 aromatic rings. The fourth-order valence-electron chi connectivity index (χ4n) is 3.13. The molecule has 0 atom stereocenters. The van der Waals surface area contributed by atoms with Crippen LogP contribution in [0.4, 0.5) is 5.69 Å². The van der Waals surface area contributed by atoms with Crippen LogP contribution in [0.2, 0.25) is 0 Å². The monoisotopic (exact) mass is 399 g/mol. The molecule has 0 radical (unpaired) electrons. The lowest BCUT2D eigenvalue weighted by Crippen LogP contribution is -2.43. The molecule has 3 rings (SSSR count). The summed E-state index contributed by atoms with van der Waals surface area (Å²) < 4.78 is 10.7. The SMILES string of the molecule is COc1ccc(CN(CCN2CCOCC2)C(=S)Nc2ccc(C)cc2)cc1. The van der Waals surface area contributed by atoms with Gasteiger partial charge in [0.2, 0.25) is 0 Å². The van der Waals surface area contributed by atoms with Gasteiger partial charge in [-0.2, -0.15) is 0 Å². The molecule has 0 spiro atoms. The highest BCUT2D eigenvalue weighted by Crippen LogP contribution is 2.15. The van der Waals surface area contributed by atoms with Crippen molar-refractivity contribution in [3.8, 4) is 5.75 Å². The summed E-state index contributed by atoms with van der Waals surface area (Å²) in [6.07, 6.45) is 0. The van der Waals surface area contributed by atoms with E-state index in [2.05, 4.69) is 58.4 Å². The van der Waals surface area contributed by atoms with Gasteiger partial charge < -0.3 is 19.7 Å². The standard InChI is InChI=1S/C22H29N3O2S/c1-18-3-7-20(8-4-18)23-22(28)25(12-11-24-13-15-27-16-14-24)17-19-5-9-21(26-2)10-6-19/h3-10H,11-17H2,1-2H3,(H,23,28). The van der Waals surface area contributed by atoms with Crippen LogP contribution in [0, 0.1) is 6.92 Å². The van der Waals surface area contributed by atoms with E-state index < -0.39 is 0 Å². The van der Waals surface area contributed by atoms with Crippen molar-refractivity contribution in [2.24, 2.45) is 0 Å². The number of hydrogen-bond donors (Lipinski definition) is 1. The summed E-state index contributed by atoms with van der Waals surface area (Å²) in [6.45, 7) is 8.25. The van der Waals surface area contributed by atoms with E-state index in [1.807, 2.05) is 12.1 Å². The Morgan fingerprint density at radius 1 is 1.11 bits per heavy atom. The summed E-state index contributed by atoms with van der Waals surface area (Å²) in [4.78, 5) is 4.66. The molecule has 1 heterocycles. The van der Waals surface area contributed by atoms with Crippen LogP contribution in [0.15, 0.2) is 48.5 Å². The maximum absolute atomic E-state index is 5.75. The van der Waals surface area contributed by atoms with Crippen molar-refractivity contribution in [1.29, 1.82) is 0 Å². The van der Waals surface area contributed by atoms with Gasteiger partial charge in [0.1, 0.15) is 5.75 Å². The summed E-state index contributed by atoms with van der Waals surface area (Å²) in [5.74, 6) is 0.865. The van der Waals surface area contributed by atoms with Crippen LogP contribution < -0.4 is 10.1 Å². The quantitative estimate of drug-likeness (QED) is 0.718. The summed E-state index contributed by atoms with van der Waals surface area (Å²) in [7, 11) is 1.68. The highest BCUT2D eigenvalue weighted by molar-refractivity contribution is 7.80. The summed E-state index contributed by atoms with van der Waals surface area (Å²) in [5, 5.41) is 4.13. The molecular weight excluding hydrogens is 370 g/mol. The van der Waals surface area contributed by atoms with Crippen molar-refractivity contribution in [3.05, 3.63) is 59.7 Å². The first-order valence-corrected chi connectivity index (χ1v) is 10.1. The molecule has 0 saturated carbocycles. The maximum Gasteiger partial charge on any atom is 0.173 e. The molecule has 2 aromatic carbocycles. The Labute approximate surface area is 173 Å². The van der Waals surface area contributed by atoms with Gasteiger partial charge in [0.25, 0.3) is 0 Å². The topological polar surface area (TPSA) is 37.0 Å². The molecule has 5 nitrogen and oxygen atoms in total. The predicted molar refractivity (Wildman–Crippen MR) is 118 cm³/mol. The summed E-state index contributed by atoms with van der Waals surface area (Å²) in [6, 6.07) is 16.5. The molecule has 1 saturated heterocycles. The number of anilines is 1. The lowest BCUT2D eigenvalue weighted by Gasteiger charge is -2.31.